The van der Waals surface area contributed by atoms with Gasteiger partial charge in [0, 0.05) is 24.0 Å². The van der Waals surface area contributed by atoms with E-state index in [4.69, 9.17) is 4.74 Å². The fraction of sp³-hybridized carbons (Fsp3) is 0.118. The van der Waals surface area contributed by atoms with Gasteiger partial charge in [-0.2, -0.15) is 0 Å². The van der Waals surface area contributed by atoms with Gasteiger partial charge in [-0.25, -0.2) is 9.48 Å². The van der Waals surface area contributed by atoms with E-state index in [1.54, 1.807) is 49.6 Å². The molecule has 0 saturated carbocycles. The maximum Gasteiger partial charge on any atom is 0.338 e. The summed E-state index contributed by atoms with van der Waals surface area (Å²) in [6, 6.07) is 11.8. The summed E-state index contributed by atoms with van der Waals surface area (Å²) in [6.45, 7) is 2.08. The van der Waals surface area contributed by atoms with E-state index in [0.29, 0.717) is 23.6 Å². The highest BCUT2D eigenvalue weighted by molar-refractivity contribution is 5.89. The number of hydrogen-bond donors (Lipinski definition) is 1. The van der Waals surface area contributed by atoms with Crippen molar-refractivity contribution in [2.45, 2.75) is 6.92 Å². The Balaban J connectivity index is 1.92. The van der Waals surface area contributed by atoms with Crippen LogP contribution in [0.15, 0.2) is 59.7 Å². The van der Waals surface area contributed by atoms with Crippen molar-refractivity contribution in [3.05, 3.63) is 70.8 Å². The molecule has 0 radical (unpaired) electrons. The summed E-state index contributed by atoms with van der Waals surface area (Å²) < 4.78 is 6.35. The van der Waals surface area contributed by atoms with Gasteiger partial charge in [-0.05, 0) is 43.3 Å². The Morgan fingerprint density at radius 2 is 2.04 bits per heavy atom. The summed E-state index contributed by atoms with van der Waals surface area (Å²) in [5.74, 6) is -0.381. The molecular weight excluding hydrogens is 294 g/mol. The minimum absolute atomic E-state index is 0.187. The summed E-state index contributed by atoms with van der Waals surface area (Å²) in [5.41, 5.74) is 2.40. The standard InChI is InChI=1S/C17H15N3O3/c1-2-23-17(22)12-5-7-14(8-6-12)20-16(21)10-15(19-20)13-4-3-9-18-11-13/h3-11,19H,2H2,1H3. The van der Waals surface area contributed by atoms with Crippen molar-refractivity contribution < 1.29 is 9.53 Å². The van der Waals surface area contributed by atoms with Crippen molar-refractivity contribution >= 4 is 5.97 Å². The quantitative estimate of drug-likeness (QED) is 0.751. The predicted molar refractivity (Wildman–Crippen MR) is 85.6 cm³/mol. The summed E-state index contributed by atoms with van der Waals surface area (Å²) in [6.07, 6.45) is 3.35. The van der Waals surface area contributed by atoms with Crippen molar-refractivity contribution in [3.8, 4) is 16.9 Å². The third-order valence-electron chi connectivity index (χ3n) is 3.33. The molecule has 0 aliphatic rings. The average molecular weight is 309 g/mol. The summed E-state index contributed by atoms with van der Waals surface area (Å²) in [4.78, 5) is 27.8. The first-order valence-corrected chi connectivity index (χ1v) is 7.19. The molecule has 6 nitrogen and oxygen atoms in total. The van der Waals surface area contributed by atoms with Crippen molar-refractivity contribution in [3.63, 3.8) is 0 Å². The Morgan fingerprint density at radius 1 is 1.26 bits per heavy atom. The Labute approximate surface area is 132 Å². The van der Waals surface area contributed by atoms with E-state index >= 15 is 0 Å². The van der Waals surface area contributed by atoms with Gasteiger partial charge in [0.05, 0.1) is 23.6 Å². The Kier molecular flexibility index (Phi) is 4.05. The topological polar surface area (TPSA) is 77.0 Å². The first kappa shape index (κ1) is 14.8. The number of aromatic nitrogens is 3. The molecular formula is C17H15N3O3. The van der Waals surface area contributed by atoms with E-state index < -0.39 is 0 Å². The third-order valence-corrected chi connectivity index (χ3v) is 3.33. The number of nitrogens with zero attached hydrogens (tertiary/aromatic N) is 2. The molecule has 3 rings (SSSR count). The van der Waals surface area contributed by atoms with Crippen LogP contribution in [0.5, 0.6) is 0 Å². The fourth-order valence-corrected chi connectivity index (χ4v) is 2.22. The first-order valence-electron chi connectivity index (χ1n) is 7.19. The predicted octanol–water partition coefficient (Wildman–Crippen LogP) is 2.40. The Hall–Kier alpha value is -3.15. The van der Waals surface area contributed by atoms with Crippen molar-refractivity contribution in [1.29, 1.82) is 0 Å². The molecule has 0 atom stereocenters. The van der Waals surface area contributed by atoms with Gasteiger partial charge in [0.25, 0.3) is 5.56 Å². The molecule has 0 aliphatic carbocycles. The molecule has 0 amide bonds. The van der Waals surface area contributed by atoms with Gasteiger partial charge >= 0.3 is 5.97 Å². The van der Waals surface area contributed by atoms with Gasteiger partial charge < -0.3 is 4.74 Å². The molecule has 1 N–H and O–H groups in total. The minimum Gasteiger partial charge on any atom is -0.462 e. The van der Waals surface area contributed by atoms with Crippen LogP contribution in [0, 0.1) is 0 Å². The lowest BCUT2D eigenvalue weighted by atomic mass is 10.2. The lowest BCUT2D eigenvalue weighted by molar-refractivity contribution is 0.0526. The van der Waals surface area contributed by atoms with E-state index in [2.05, 4.69) is 10.1 Å². The lowest BCUT2D eigenvalue weighted by Gasteiger charge is -2.05. The van der Waals surface area contributed by atoms with Crippen LogP contribution < -0.4 is 5.56 Å². The number of aromatic amines is 1. The maximum absolute atomic E-state index is 12.2. The lowest BCUT2D eigenvalue weighted by Crippen LogP contribution is -2.13. The van der Waals surface area contributed by atoms with Crippen LogP contribution in [0.4, 0.5) is 0 Å². The van der Waals surface area contributed by atoms with Gasteiger partial charge in [0.1, 0.15) is 0 Å². The number of esters is 1. The maximum atomic E-state index is 12.2. The molecule has 0 spiro atoms. The van der Waals surface area contributed by atoms with Crippen LogP contribution in [0.1, 0.15) is 17.3 Å². The van der Waals surface area contributed by atoms with Gasteiger partial charge in [-0.3, -0.25) is 14.9 Å². The van der Waals surface area contributed by atoms with Crippen molar-refractivity contribution in [2.75, 3.05) is 6.61 Å². The van der Waals surface area contributed by atoms with Crippen LogP contribution in [0.25, 0.3) is 16.9 Å². The molecule has 2 heterocycles. The van der Waals surface area contributed by atoms with Crippen molar-refractivity contribution in [1.82, 2.24) is 14.8 Å². The molecule has 116 valence electrons. The van der Waals surface area contributed by atoms with Crippen LogP contribution in [-0.2, 0) is 4.74 Å². The van der Waals surface area contributed by atoms with E-state index in [9.17, 15) is 9.59 Å². The second-order valence-corrected chi connectivity index (χ2v) is 4.85. The third kappa shape index (κ3) is 3.06. The van der Waals surface area contributed by atoms with E-state index in [-0.39, 0.29) is 11.5 Å². The van der Waals surface area contributed by atoms with Gasteiger partial charge in [-0.1, -0.05) is 0 Å². The molecule has 3 aromatic rings. The minimum atomic E-state index is -0.381. The van der Waals surface area contributed by atoms with Crippen LogP contribution >= 0.6 is 0 Å². The van der Waals surface area contributed by atoms with E-state index in [1.807, 2.05) is 6.07 Å². The summed E-state index contributed by atoms with van der Waals surface area (Å²) >= 11 is 0. The number of carbonyl (C=O) groups is 1. The molecule has 0 aliphatic heterocycles. The summed E-state index contributed by atoms with van der Waals surface area (Å²) in [7, 11) is 0. The van der Waals surface area contributed by atoms with Gasteiger partial charge in [0.15, 0.2) is 0 Å². The normalized spacial score (nSPS) is 10.5. The number of hydrogen-bond acceptors (Lipinski definition) is 4. The Morgan fingerprint density at radius 3 is 2.70 bits per heavy atom. The largest absolute Gasteiger partial charge is 0.462 e. The number of pyridine rings is 1. The molecule has 0 saturated heterocycles. The zero-order valence-corrected chi connectivity index (χ0v) is 12.5. The smallest absolute Gasteiger partial charge is 0.338 e. The zero-order valence-electron chi connectivity index (χ0n) is 12.5. The van der Waals surface area contributed by atoms with Crippen LogP contribution in [0.3, 0.4) is 0 Å². The second kappa shape index (κ2) is 6.31. The molecule has 0 fully saturated rings. The monoisotopic (exact) mass is 309 g/mol. The van der Waals surface area contributed by atoms with Crippen LogP contribution in [0.2, 0.25) is 0 Å². The van der Waals surface area contributed by atoms with Crippen LogP contribution in [-0.4, -0.2) is 27.3 Å². The second-order valence-electron chi connectivity index (χ2n) is 4.85. The highest BCUT2D eigenvalue weighted by Crippen LogP contribution is 2.15. The van der Waals surface area contributed by atoms with Gasteiger partial charge in [0.2, 0.25) is 0 Å². The zero-order chi connectivity index (χ0) is 16.2. The SMILES string of the molecule is CCOC(=O)c1ccc(-n2[nH]c(-c3cccnc3)cc2=O)cc1. The molecule has 23 heavy (non-hydrogen) atoms. The number of nitrogens with one attached hydrogen (secondary N) is 1. The van der Waals surface area contributed by atoms with E-state index in [0.717, 1.165) is 5.56 Å². The fourth-order valence-electron chi connectivity index (χ4n) is 2.22. The molecule has 6 heteroatoms. The number of benzene rings is 1. The Bertz CT molecular complexity index is 864. The van der Waals surface area contributed by atoms with E-state index in [1.165, 1.54) is 10.7 Å². The highest BCUT2D eigenvalue weighted by Gasteiger charge is 2.09. The summed E-state index contributed by atoms with van der Waals surface area (Å²) in [5, 5.41) is 3.04. The number of rotatable bonds is 4. The highest BCUT2D eigenvalue weighted by atomic mass is 16.5. The molecule has 0 bridgehead atoms. The van der Waals surface area contributed by atoms with Gasteiger partial charge in [-0.15, -0.1) is 0 Å². The molecule has 0 unspecified atom stereocenters. The van der Waals surface area contributed by atoms with Crippen molar-refractivity contribution in [2.24, 2.45) is 0 Å². The molecule has 1 aromatic carbocycles. The molecule has 2 aromatic heterocycles. The number of carbonyl (C=O) groups excluding carboxylic acids is 1. The average Bonchev–Trinajstić information content (AvgIpc) is 2.98. The first-order chi connectivity index (χ1) is 11.2. The number of ether oxygens (including phenoxy) is 1. The number of H-pyrrole nitrogens is 1.